The maximum Gasteiger partial charge on any atom is 0.455 e. The van der Waals surface area contributed by atoms with E-state index in [-0.39, 0.29) is 12.3 Å². The summed E-state index contributed by atoms with van der Waals surface area (Å²) in [5, 5.41) is 9.06. The molecule has 0 aliphatic rings. The van der Waals surface area contributed by atoms with Gasteiger partial charge < -0.3 is 4.74 Å². The van der Waals surface area contributed by atoms with Crippen LogP contribution in [0.3, 0.4) is 0 Å². The van der Waals surface area contributed by atoms with E-state index in [2.05, 4.69) is 15.4 Å². The number of ether oxygens (including phenoxy) is 1. The standard InChI is InChI=1S/C8H6Cl3F3N4O2/c1-20-4(2-5(19)7(9,10)11)3-18-16-6(15-17-18)8(12,13)14/h2H,3H2,1H3/b4-2+. The van der Waals surface area contributed by atoms with Crippen molar-refractivity contribution >= 4 is 40.6 Å². The summed E-state index contributed by atoms with van der Waals surface area (Å²) in [6.45, 7) is -0.383. The molecule has 0 N–H and O–H groups in total. The van der Waals surface area contributed by atoms with Crippen molar-refractivity contribution in [2.45, 2.75) is 16.5 Å². The second kappa shape index (κ2) is 6.15. The van der Waals surface area contributed by atoms with Crippen molar-refractivity contribution in [2.75, 3.05) is 7.11 Å². The Morgan fingerprint density at radius 2 is 2.00 bits per heavy atom. The summed E-state index contributed by atoms with van der Waals surface area (Å²) < 4.78 is 39.3. The van der Waals surface area contributed by atoms with E-state index in [1.54, 1.807) is 0 Å². The van der Waals surface area contributed by atoms with Crippen molar-refractivity contribution in [3.05, 3.63) is 17.7 Å². The number of alkyl halides is 6. The third-order valence-corrected chi connectivity index (χ3v) is 2.40. The van der Waals surface area contributed by atoms with Gasteiger partial charge in [-0.15, -0.1) is 10.2 Å². The molecule has 0 aromatic carbocycles. The molecule has 0 aliphatic heterocycles. The molecule has 0 saturated carbocycles. The third kappa shape index (κ3) is 4.80. The van der Waals surface area contributed by atoms with Crippen LogP contribution in [0.15, 0.2) is 11.8 Å². The van der Waals surface area contributed by atoms with Crippen LogP contribution in [0.1, 0.15) is 5.82 Å². The normalized spacial score (nSPS) is 13.4. The van der Waals surface area contributed by atoms with Gasteiger partial charge in [-0.2, -0.15) is 18.0 Å². The van der Waals surface area contributed by atoms with Crippen LogP contribution in [0.4, 0.5) is 13.2 Å². The van der Waals surface area contributed by atoms with Gasteiger partial charge in [-0.05, 0) is 5.21 Å². The number of hydrogen-bond acceptors (Lipinski definition) is 5. The smallest absolute Gasteiger partial charge is 0.455 e. The van der Waals surface area contributed by atoms with E-state index in [9.17, 15) is 18.0 Å². The van der Waals surface area contributed by atoms with Crippen LogP contribution in [0.2, 0.25) is 0 Å². The molecule has 0 atom stereocenters. The number of methoxy groups -OCH3 is 1. The SMILES string of the molecule is CO/C(=C/C(=O)C(Cl)(Cl)Cl)Cn1nnc(C(F)(F)F)n1. The molecule has 0 fully saturated rings. The average molecular weight is 354 g/mol. The van der Waals surface area contributed by atoms with Gasteiger partial charge in [-0.3, -0.25) is 4.79 Å². The maximum absolute atomic E-state index is 12.3. The van der Waals surface area contributed by atoms with E-state index in [0.29, 0.717) is 4.80 Å². The molecular formula is C8H6Cl3F3N4O2. The van der Waals surface area contributed by atoms with Crippen LogP contribution < -0.4 is 0 Å². The second-order valence-corrected chi connectivity index (χ2v) is 5.60. The minimum atomic E-state index is -4.72. The lowest BCUT2D eigenvalue weighted by Gasteiger charge is -2.08. The Kier molecular flexibility index (Phi) is 5.22. The Morgan fingerprint density at radius 3 is 2.40 bits per heavy atom. The molecule has 1 aromatic heterocycles. The van der Waals surface area contributed by atoms with Gasteiger partial charge in [0.25, 0.3) is 9.62 Å². The predicted molar refractivity (Wildman–Crippen MR) is 63.2 cm³/mol. The summed E-state index contributed by atoms with van der Waals surface area (Å²) in [6.07, 6.45) is -3.90. The van der Waals surface area contributed by atoms with E-state index in [4.69, 9.17) is 39.5 Å². The first kappa shape index (κ1) is 17.0. The molecule has 0 bridgehead atoms. The highest BCUT2D eigenvalue weighted by atomic mass is 35.6. The van der Waals surface area contributed by atoms with Gasteiger partial charge in [0, 0.05) is 6.08 Å². The van der Waals surface area contributed by atoms with Crippen molar-refractivity contribution < 1.29 is 22.7 Å². The van der Waals surface area contributed by atoms with Crippen molar-refractivity contribution in [3.8, 4) is 0 Å². The highest BCUT2D eigenvalue weighted by molar-refractivity contribution is 6.77. The summed E-state index contributed by atoms with van der Waals surface area (Å²) in [5.74, 6) is -2.44. The van der Waals surface area contributed by atoms with E-state index in [1.165, 1.54) is 7.11 Å². The summed E-state index contributed by atoms with van der Waals surface area (Å²) in [7, 11) is 1.18. The topological polar surface area (TPSA) is 69.9 Å². The minimum absolute atomic E-state index is 0.104. The predicted octanol–water partition coefficient (Wildman–Crippen LogP) is 2.16. The van der Waals surface area contributed by atoms with Crippen molar-refractivity contribution in [2.24, 2.45) is 0 Å². The number of allylic oxidation sites excluding steroid dienone is 2. The van der Waals surface area contributed by atoms with Crippen LogP contribution in [0, 0.1) is 0 Å². The van der Waals surface area contributed by atoms with Crippen LogP contribution >= 0.6 is 34.8 Å². The van der Waals surface area contributed by atoms with Crippen molar-refractivity contribution in [3.63, 3.8) is 0 Å². The van der Waals surface area contributed by atoms with Gasteiger partial charge in [-0.25, -0.2) is 0 Å². The third-order valence-electron chi connectivity index (χ3n) is 1.84. The largest absolute Gasteiger partial charge is 0.499 e. The first-order chi connectivity index (χ1) is 9.04. The monoisotopic (exact) mass is 352 g/mol. The Hall–Kier alpha value is -1.06. The van der Waals surface area contributed by atoms with E-state index >= 15 is 0 Å². The molecule has 0 unspecified atom stereocenters. The molecule has 0 aliphatic carbocycles. The first-order valence-corrected chi connectivity index (χ1v) is 5.88. The van der Waals surface area contributed by atoms with Crippen LogP contribution in [0.25, 0.3) is 0 Å². The zero-order valence-corrected chi connectivity index (χ0v) is 11.9. The molecule has 0 saturated heterocycles. The molecule has 1 rings (SSSR count). The zero-order valence-electron chi connectivity index (χ0n) is 9.66. The lowest BCUT2D eigenvalue weighted by Crippen LogP contribution is -2.18. The molecule has 0 amide bonds. The average Bonchev–Trinajstić information content (AvgIpc) is 2.74. The fourth-order valence-corrected chi connectivity index (χ4v) is 1.12. The number of carbonyl (C=O) groups is 1. The summed E-state index contributed by atoms with van der Waals surface area (Å²) in [5.41, 5.74) is 0. The Balaban J connectivity index is 2.87. The number of rotatable bonds is 4. The van der Waals surface area contributed by atoms with E-state index in [0.717, 1.165) is 6.08 Å². The number of tetrazole rings is 1. The quantitative estimate of drug-likeness (QED) is 0.471. The number of aromatic nitrogens is 4. The number of hydrogen-bond donors (Lipinski definition) is 0. The summed E-state index contributed by atoms with van der Waals surface area (Å²) >= 11 is 16.0. The van der Waals surface area contributed by atoms with Gasteiger partial charge in [-0.1, -0.05) is 34.8 Å². The van der Waals surface area contributed by atoms with Crippen LogP contribution in [-0.2, 0) is 22.3 Å². The molecule has 1 aromatic rings. The van der Waals surface area contributed by atoms with E-state index < -0.39 is 21.6 Å². The first-order valence-electron chi connectivity index (χ1n) is 4.74. The number of ketones is 1. The molecule has 112 valence electrons. The van der Waals surface area contributed by atoms with Crippen molar-refractivity contribution in [1.82, 2.24) is 20.2 Å². The van der Waals surface area contributed by atoms with Gasteiger partial charge >= 0.3 is 6.18 Å². The maximum atomic E-state index is 12.3. The van der Waals surface area contributed by atoms with Crippen LogP contribution in [0.5, 0.6) is 0 Å². The van der Waals surface area contributed by atoms with Gasteiger partial charge in [0.15, 0.2) is 0 Å². The second-order valence-electron chi connectivity index (χ2n) is 3.32. The number of carbonyl (C=O) groups excluding carboxylic acids is 1. The Bertz CT molecular complexity index is 524. The molecule has 12 heteroatoms. The number of halogens is 6. The van der Waals surface area contributed by atoms with Crippen LogP contribution in [-0.4, -0.2) is 36.9 Å². The fourth-order valence-electron chi connectivity index (χ4n) is 0.960. The summed E-state index contributed by atoms with van der Waals surface area (Å²) in [4.78, 5) is 12.0. The zero-order chi connectivity index (χ0) is 15.6. The highest BCUT2D eigenvalue weighted by Crippen LogP contribution is 2.28. The Morgan fingerprint density at radius 1 is 1.40 bits per heavy atom. The fraction of sp³-hybridized carbons (Fsp3) is 0.500. The summed E-state index contributed by atoms with van der Waals surface area (Å²) in [6, 6.07) is 0. The molecule has 1 heterocycles. The molecular weight excluding hydrogens is 347 g/mol. The number of nitrogens with zero attached hydrogens (tertiary/aromatic N) is 4. The lowest BCUT2D eigenvalue weighted by atomic mass is 10.3. The minimum Gasteiger partial charge on any atom is -0.499 e. The molecule has 0 radical (unpaired) electrons. The van der Waals surface area contributed by atoms with E-state index in [1.807, 2.05) is 0 Å². The highest BCUT2D eigenvalue weighted by Gasteiger charge is 2.37. The molecule has 6 nitrogen and oxygen atoms in total. The van der Waals surface area contributed by atoms with Crippen molar-refractivity contribution in [1.29, 1.82) is 0 Å². The Labute approximate surface area is 125 Å². The lowest BCUT2D eigenvalue weighted by molar-refractivity contribution is -0.145. The van der Waals surface area contributed by atoms with Gasteiger partial charge in [0.05, 0.1) is 7.11 Å². The van der Waals surface area contributed by atoms with Gasteiger partial charge in [0.2, 0.25) is 5.78 Å². The molecule has 0 spiro atoms. The molecule has 20 heavy (non-hydrogen) atoms. The van der Waals surface area contributed by atoms with Gasteiger partial charge in [0.1, 0.15) is 12.3 Å².